The molecule has 3 heteroatoms. The first-order chi connectivity index (χ1) is 6.29. The van der Waals surface area contributed by atoms with E-state index in [1.807, 2.05) is 12.4 Å². The molecule has 13 heavy (non-hydrogen) atoms. The Kier molecular flexibility index (Phi) is 2.17. The summed E-state index contributed by atoms with van der Waals surface area (Å²) < 4.78 is 0. The van der Waals surface area contributed by atoms with Crippen LogP contribution < -0.4 is 0 Å². The molecule has 0 amide bonds. The molecule has 0 spiro atoms. The molecule has 2 aliphatic heterocycles. The van der Waals surface area contributed by atoms with Crippen molar-refractivity contribution >= 4 is 11.5 Å². The summed E-state index contributed by atoms with van der Waals surface area (Å²) in [6.45, 7) is 6.35. The van der Waals surface area contributed by atoms with E-state index in [0.717, 1.165) is 31.1 Å². The molecule has 2 heterocycles. The molecule has 0 aliphatic carbocycles. The Morgan fingerprint density at radius 2 is 2.31 bits per heavy atom. The van der Waals surface area contributed by atoms with Gasteiger partial charge in [-0.05, 0) is 12.3 Å². The van der Waals surface area contributed by atoms with Gasteiger partial charge in [-0.3, -0.25) is 9.98 Å². The van der Waals surface area contributed by atoms with E-state index in [4.69, 9.17) is 0 Å². The van der Waals surface area contributed by atoms with Gasteiger partial charge >= 0.3 is 0 Å². The fourth-order valence-corrected chi connectivity index (χ4v) is 1.66. The minimum absolute atomic E-state index is 0.462. The zero-order valence-electron chi connectivity index (χ0n) is 8.20. The van der Waals surface area contributed by atoms with Crippen molar-refractivity contribution in [1.82, 2.24) is 4.90 Å². The number of aliphatic imine (C=N–C) groups is 2. The average molecular weight is 177 g/mol. The van der Waals surface area contributed by atoms with Crippen LogP contribution in [-0.4, -0.2) is 29.5 Å². The summed E-state index contributed by atoms with van der Waals surface area (Å²) in [5.41, 5.74) is 1.13. The van der Waals surface area contributed by atoms with Crippen LogP contribution in [0.4, 0.5) is 0 Å². The molecule has 3 nitrogen and oxygen atoms in total. The summed E-state index contributed by atoms with van der Waals surface area (Å²) in [5.74, 6) is 1.55. The lowest BCUT2D eigenvalue weighted by atomic mass is 10.0. The summed E-state index contributed by atoms with van der Waals surface area (Å²) in [7, 11) is 0. The predicted octanol–water partition coefficient (Wildman–Crippen LogP) is 1.67. The van der Waals surface area contributed by atoms with E-state index in [1.165, 1.54) is 0 Å². The van der Waals surface area contributed by atoms with Gasteiger partial charge in [0.15, 0.2) is 0 Å². The first-order valence-corrected chi connectivity index (χ1v) is 4.85. The number of fused-ring (bicyclic) bond motifs is 1. The largest absolute Gasteiger partial charge is 0.330 e. The highest BCUT2D eigenvalue weighted by atomic mass is 15.2. The monoisotopic (exact) mass is 177 g/mol. The molecule has 0 unspecified atom stereocenters. The molecule has 0 aromatic heterocycles. The number of rotatable bonds is 1. The topological polar surface area (TPSA) is 28.0 Å². The van der Waals surface area contributed by atoms with Crippen LogP contribution in [0, 0.1) is 5.92 Å². The third kappa shape index (κ3) is 1.50. The second-order valence-electron chi connectivity index (χ2n) is 3.72. The standard InChI is InChI=1S/C10H15N3/c1-8(2)9-10-12-4-3-6-13(10)7-5-11-9/h5,7-8H,3-4,6H2,1-2H3. The lowest BCUT2D eigenvalue weighted by molar-refractivity contribution is 0.508. The SMILES string of the molecule is CC(C)C1=NC=CN2CCCN=C12. The Labute approximate surface area is 78.9 Å². The van der Waals surface area contributed by atoms with E-state index >= 15 is 0 Å². The number of amidine groups is 1. The van der Waals surface area contributed by atoms with Crippen LogP contribution in [0.3, 0.4) is 0 Å². The molecule has 70 valence electrons. The van der Waals surface area contributed by atoms with E-state index in [-0.39, 0.29) is 0 Å². The Bertz CT molecular complexity index is 287. The molecule has 0 atom stereocenters. The molecule has 0 saturated carbocycles. The lowest BCUT2D eigenvalue weighted by Crippen LogP contribution is -2.40. The fraction of sp³-hybridized carbons (Fsp3) is 0.600. The number of hydrogen-bond acceptors (Lipinski definition) is 3. The van der Waals surface area contributed by atoms with Crippen LogP contribution >= 0.6 is 0 Å². The van der Waals surface area contributed by atoms with Crippen LogP contribution in [0.5, 0.6) is 0 Å². The van der Waals surface area contributed by atoms with Gasteiger partial charge in [0.05, 0.1) is 5.71 Å². The Morgan fingerprint density at radius 1 is 1.46 bits per heavy atom. The number of hydrogen-bond donors (Lipinski definition) is 0. The highest BCUT2D eigenvalue weighted by Gasteiger charge is 2.22. The van der Waals surface area contributed by atoms with Crippen LogP contribution in [-0.2, 0) is 0 Å². The predicted molar refractivity (Wildman–Crippen MR) is 55.0 cm³/mol. The zero-order valence-corrected chi connectivity index (χ0v) is 8.20. The Balaban J connectivity index is 2.31. The number of nitrogens with zero attached hydrogens (tertiary/aromatic N) is 3. The molecule has 0 bridgehead atoms. The minimum Gasteiger partial charge on any atom is -0.330 e. The van der Waals surface area contributed by atoms with Crippen molar-refractivity contribution in [2.75, 3.05) is 13.1 Å². The van der Waals surface area contributed by atoms with Crippen molar-refractivity contribution in [2.24, 2.45) is 15.9 Å². The molecule has 0 aromatic carbocycles. The summed E-state index contributed by atoms with van der Waals surface area (Å²) in [6, 6.07) is 0. The quantitative estimate of drug-likeness (QED) is 0.598. The average Bonchev–Trinajstić information content (AvgIpc) is 2.17. The van der Waals surface area contributed by atoms with Gasteiger partial charge in [0, 0.05) is 25.5 Å². The first kappa shape index (κ1) is 8.48. The second-order valence-corrected chi connectivity index (χ2v) is 3.72. The van der Waals surface area contributed by atoms with Gasteiger partial charge in [-0.15, -0.1) is 0 Å². The maximum atomic E-state index is 4.51. The van der Waals surface area contributed by atoms with E-state index in [9.17, 15) is 0 Å². The van der Waals surface area contributed by atoms with Gasteiger partial charge in [-0.2, -0.15) is 0 Å². The lowest BCUT2D eigenvalue weighted by Gasteiger charge is -2.29. The van der Waals surface area contributed by atoms with Gasteiger partial charge in [0.25, 0.3) is 0 Å². The first-order valence-electron chi connectivity index (χ1n) is 4.85. The maximum Gasteiger partial charge on any atom is 0.149 e. The van der Waals surface area contributed by atoms with Crippen molar-refractivity contribution in [1.29, 1.82) is 0 Å². The van der Waals surface area contributed by atoms with Crippen LogP contribution in [0.15, 0.2) is 22.4 Å². The Hall–Kier alpha value is -1.12. The van der Waals surface area contributed by atoms with Crippen molar-refractivity contribution in [2.45, 2.75) is 20.3 Å². The second kappa shape index (κ2) is 3.32. The van der Waals surface area contributed by atoms with Crippen molar-refractivity contribution in [3.63, 3.8) is 0 Å². The summed E-state index contributed by atoms with van der Waals surface area (Å²) in [5, 5.41) is 0. The molecule has 0 radical (unpaired) electrons. The van der Waals surface area contributed by atoms with Gasteiger partial charge in [-0.1, -0.05) is 13.8 Å². The highest BCUT2D eigenvalue weighted by Crippen LogP contribution is 2.13. The fourth-order valence-electron chi connectivity index (χ4n) is 1.66. The molecule has 0 saturated heterocycles. The third-order valence-electron chi connectivity index (χ3n) is 2.33. The van der Waals surface area contributed by atoms with Gasteiger partial charge in [0.1, 0.15) is 5.84 Å². The van der Waals surface area contributed by atoms with Crippen molar-refractivity contribution in [3.05, 3.63) is 12.4 Å². The highest BCUT2D eigenvalue weighted by molar-refractivity contribution is 6.42. The summed E-state index contributed by atoms with van der Waals surface area (Å²) in [4.78, 5) is 11.1. The third-order valence-corrected chi connectivity index (χ3v) is 2.33. The van der Waals surface area contributed by atoms with Crippen molar-refractivity contribution in [3.8, 4) is 0 Å². The van der Waals surface area contributed by atoms with Crippen LogP contribution in [0.25, 0.3) is 0 Å². The van der Waals surface area contributed by atoms with Crippen LogP contribution in [0.1, 0.15) is 20.3 Å². The van der Waals surface area contributed by atoms with E-state index in [2.05, 4.69) is 28.7 Å². The van der Waals surface area contributed by atoms with E-state index in [1.54, 1.807) is 0 Å². The maximum absolute atomic E-state index is 4.51. The minimum atomic E-state index is 0.462. The summed E-state index contributed by atoms with van der Waals surface area (Å²) >= 11 is 0. The van der Waals surface area contributed by atoms with Crippen molar-refractivity contribution < 1.29 is 0 Å². The molecular formula is C10H15N3. The van der Waals surface area contributed by atoms with E-state index < -0.39 is 0 Å². The molecular weight excluding hydrogens is 162 g/mol. The molecule has 0 N–H and O–H groups in total. The molecule has 0 aromatic rings. The summed E-state index contributed by atoms with van der Waals surface area (Å²) in [6.07, 6.45) is 5.04. The molecule has 2 aliphatic rings. The normalized spacial score (nSPS) is 21.3. The molecule has 0 fully saturated rings. The molecule has 2 rings (SSSR count). The van der Waals surface area contributed by atoms with Gasteiger partial charge in [0.2, 0.25) is 0 Å². The zero-order chi connectivity index (χ0) is 9.26. The van der Waals surface area contributed by atoms with Gasteiger partial charge < -0.3 is 4.90 Å². The van der Waals surface area contributed by atoms with E-state index in [0.29, 0.717) is 5.92 Å². The Morgan fingerprint density at radius 3 is 3.08 bits per heavy atom. The smallest absolute Gasteiger partial charge is 0.149 e. The van der Waals surface area contributed by atoms with Gasteiger partial charge in [-0.25, -0.2) is 0 Å². The van der Waals surface area contributed by atoms with Crippen LogP contribution in [0.2, 0.25) is 0 Å².